The first-order valence-corrected chi connectivity index (χ1v) is 9.39. The van der Waals surface area contributed by atoms with Crippen molar-refractivity contribution >= 4 is 22.0 Å². The van der Waals surface area contributed by atoms with Gasteiger partial charge in [0, 0.05) is 42.3 Å². The SMILES string of the molecule is C[C@H]1CN(Cc2cc(Br)ccc2OC(F)(F)F)CCN1C(=O)OC(C)(C)C. The Morgan fingerprint density at radius 1 is 1.26 bits per heavy atom. The van der Waals surface area contributed by atoms with Gasteiger partial charge in [-0.1, -0.05) is 15.9 Å². The molecule has 0 N–H and O–H groups in total. The van der Waals surface area contributed by atoms with Crippen LogP contribution in [0.25, 0.3) is 0 Å². The van der Waals surface area contributed by atoms with Crippen LogP contribution in [0.3, 0.4) is 0 Å². The fraction of sp³-hybridized carbons (Fsp3) is 0.611. The van der Waals surface area contributed by atoms with Crippen LogP contribution in [-0.2, 0) is 11.3 Å². The maximum atomic E-state index is 12.6. The number of rotatable bonds is 3. The maximum Gasteiger partial charge on any atom is 0.573 e. The van der Waals surface area contributed by atoms with Gasteiger partial charge in [0.25, 0.3) is 0 Å². The van der Waals surface area contributed by atoms with E-state index in [0.717, 1.165) is 0 Å². The molecule has 0 bridgehead atoms. The van der Waals surface area contributed by atoms with Crippen LogP contribution in [0.15, 0.2) is 22.7 Å². The lowest BCUT2D eigenvalue weighted by Gasteiger charge is -2.40. The molecule has 1 aliphatic rings. The van der Waals surface area contributed by atoms with Crippen LogP contribution in [0.4, 0.5) is 18.0 Å². The number of piperazine rings is 1. The van der Waals surface area contributed by atoms with E-state index in [9.17, 15) is 18.0 Å². The second-order valence-corrected chi connectivity index (χ2v) is 8.47. The highest BCUT2D eigenvalue weighted by Crippen LogP contribution is 2.30. The van der Waals surface area contributed by atoms with E-state index in [4.69, 9.17) is 4.74 Å². The zero-order valence-electron chi connectivity index (χ0n) is 15.8. The molecule has 0 spiro atoms. The predicted molar refractivity (Wildman–Crippen MR) is 98.5 cm³/mol. The Bertz CT molecular complexity index is 677. The number of hydrogen-bond acceptors (Lipinski definition) is 4. The van der Waals surface area contributed by atoms with Gasteiger partial charge in [-0.25, -0.2) is 4.79 Å². The van der Waals surface area contributed by atoms with Crippen molar-refractivity contribution in [2.75, 3.05) is 19.6 Å². The van der Waals surface area contributed by atoms with E-state index in [1.807, 2.05) is 11.8 Å². The lowest BCUT2D eigenvalue weighted by atomic mass is 10.1. The van der Waals surface area contributed by atoms with E-state index < -0.39 is 12.0 Å². The lowest BCUT2D eigenvalue weighted by Crippen LogP contribution is -2.54. The molecule has 1 heterocycles. The summed E-state index contributed by atoms with van der Waals surface area (Å²) in [7, 11) is 0. The maximum absolute atomic E-state index is 12.6. The molecule has 1 aromatic rings. The van der Waals surface area contributed by atoms with Crippen LogP contribution in [0, 0.1) is 0 Å². The standard InChI is InChI=1S/C18H24BrF3N2O3/c1-12-10-23(7-8-24(12)16(25)27-17(2,3)4)11-13-9-14(19)5-6-15(13)26-18(20,21)22/h5-6,9,12H,7-8,10-11H2,1-4H3/t12-/m0/s1. The van der Waals surface area contributed by atoms with Gasteiger partial charge in [-0.2, -0.15) is 0 Å². The molecular formula is C18H24BrF3N2O3. The molecule has 5 nitrogen and oxygen atoms in total. The summed E-state index contributed by atoms with van der Waals surface area (Å²) in [5, 5.41) is 0. The summed E-state index contributed by atoms with van der Waals surface area (Å²) in [5.74, 6) is -0.215. The third kappa shape index (κ3) is 6.88. The number of nitrogens with zero attached hydrogens (tertiary/aromatic N) is 2. The smallest absolute Gasteiger partial charge is 0.444 e. The van der Waals surface area contributed by atoms with Gasteiger partial charge in [0.15, 0.2) is 0 Å². The molecule has 152 valence electrons. The van der Waals surface area contributed by atoms with E-state index in [2.05, 4.69) is 20.7 Å². The molecule has 1 atom stereocenters. The molecule has 1 saturated heterocycles. The third-order valence-electron chi connectivity index (χ3n) is 3.98. The topological polar surface area (TPSA) is 42.0 Å². The van der Waals surface area contributed by atoms with E-state index in [-0.39, 0.29) is 24.4 Å². The Morgan fingerprint density at radius 2 is 1.93 bits per heavy atom. The average Bonchev–Trinajstić information content (AvgIpc) is 2.47. The Morgan fingerprint density at radius 3 is 2.48 bits per heavy atom. The number of benzene rings is 1. The third-order valence-corrected chi connectivity index (χ3v) is 4.48. The molecule has 0 aliphatic carbocycles. The molecule has 0 saturated carbocycles. The molecular weight excluding hydrogens is 429 g/mol. The number of halogens is 4. The molecule has 2 rings (SSSR count). The van der Waals surface area contributed by atoms with Gasteiger partial charge >= 0.3 is 12.5 Å². The van der Waals surface area contributed by atoms with E-state index in [0.29, 0.717) is 29.7 Å². The van der Waals surface area contributed by atoms with Gasteiger partial charge in [0.2, 0.25) is 0 Å². The van der Waals surface area contributed by atoms with Crippen LogP contribution >= 0.6 is 15.9 Å². The minimum absolute atomic E-state index is 0.118. The fourth-order valence-electron chi connectivity index (χ4n) is 2.91. The predicted octanol–water partition coefficient (Wildman–Crippen LogP) is 4.79. The van der Waals surface area contributed by atoms with Crippen molar-refractivity contribution in [3.05, 3.63) is 28.2 Å². The molecule has 1 aromatic carbocycles. The molecule has 1 fully saturated rings. The minimum Gasteiger partial charge on any atom is -0.444 e. The average molecular weight is 453 g/mol. The summed E-state index contributed by atoms with van der Waals surface area (Å²) >= 11 is 3.28. The quantitative estimate of drug-likeness (QED) is 0.660. The van der Waals surface area contributed by atoms with Crippen molar-refractivity contribution in [1.29, 1.82) is 0 Å². The summed E-state index contributed by atoms with van der Waals surface area (Å²) in [5.41, 5.74) is -0.145. The van der Waals surface area contributed by atoms with Crippen LogP contribution in [-0.4, -0.2) is 53.5 Å². The van der Waals surface area contributed by atoms with Crippen molar-refractivity contribution in [3.63, 3.8) is 0 Å². The molecule has 27 heavy (non-hydrogen) atoms. The van der Waals surface area contributed by atoms with Crippen molar-refractivity contribution in [2.45, 2.75) is 52.2 Å². The summed E-state index contributed by atoms with van der Waals surface area (Å²) in [4.78, 5) is 15.9. The lowest BCUT2D eigenvalue weighted by molar-refractivity contribution is -0.275. The van der Waals surface area contributed by atoms with Gasteiger partial charge in [-0.15, -0.1) is 13.2 Å². The van der Waals surface area contributed by atoms with Crippen molar-refractivity contribution in [1.82, 2.24) is 9.80 Å². The molecule has 0 radical (unpaired) electrons. The summed E-state index contributed by atoms with van der Waals surface area (Å²) in [6.07, 6.45) is -5.12. The number of hydrogen-bond donors (Lipinski definition) is 0. The Balaban J connectivity index is 2.04. The van der Waals surface area contributed by atoms with Crippen molar-refractivity contribution < 1.29 is 27.4 Å². The highest BCUT2D eigenvalue weighted by molar-refractivity contribution is 9.10. The second-order valence-electron chi connectivity index (χ2n) is 7.56. The van der Waals surface area contributed by atoms with Crippen molar-refractivity contribution in [2.24, 2.45) is 0 Å². The van der Waals surface area contributed by atoms with Crippen molar-refractivity contribution in [3.8, 4) is 5.75 Å². The highest BCUT2D eigenvalue weighted by atomic mass is 79.9. The van der Waals surface area contributed by atoms with Crippen LogP contribution in [0.1, 0.15) is 33.3 Å². The Hall–Kier alpha value is -1.48. The first-order chi connectivity index (χ1) is 12.3. The van der Waals surface area contributed by atoms with Gasteiger partial charge < -0.3 is 14.4 Å². The monoisotopic (exact) mass is 452 g/mol. The first-order valence-electron chi connectivity index (χ1n) is 8.60. The zero-order valence-corrected chi connectivity index (χ0v) is 17.4. The Labute approximate surface area is 165 Å². The van der Waals surface area contributed by atoms with Gasteiger partial charge in [-0.3, -0.25) is 4.90 Å². The second kappa shape index (κ2) is 8.26. The van der Waals surface area contributed by atoms with Gasteiger partial charge in [0.05, 0.1) is 0 Å². The molecule has 0 aromatic heterocycles. The summed E-state index contributed by atoms with van der Waals surface area (Å²) in [6.45, 7) is 9.10. The van der Waals surface area contributed by atoms with Gasteiger partial charge in [0.1, 0.15) is 11.4 Å². The number of carbonyl (C=O) groups is 1. The van der Waals surface area contributed by atoms with Gasteiger partial charge in [-0.05, 0) is 45.9 Å². The van der Waals surface area contributed by atoms with E-state index >= 15 is 0 Å². The summed E-state index contributed by atoms with van der Waals surface area (Å²) < 4.78 is 48.1. The highest BCUT2D eigenvalue weighted by Gasteiger charge is 2.34. The summed E-state index contributed by atoms with van der Waals surface area (Å²) in [6, 6.07) is 4.31. The number of amides is 1. The first kappa shape index (κ1) is 21.8. The molecule has 0 unspecified atom stereocenters. The number of alkyl halides is 3. The Kier molecular flexibility index (Phi) is 6.68. The van der Waals surface area contributed by atoms with Crippen LogP contribution < -0.4 is 4.74 Å². The minimum atomic E-state index is -4.74. The normalized spacial score (nSPS) is 19.1. The molecule has 1 amide bonds. The largest absolute Gasteiger partial charge is 0.573 e. The van der Waals surface area contributed by atoms with Crippen LogP contribution in [0.2, 0.25) is 0 Å². The number of ether oxygens (including phenoxy) is 2. The molecule has 9 heteroatoms. The van der Waals surface area contributed by atoms with Crippen LogP contribution in [0.5, 0.6) is 5.75 Å². The fourth-order valence-corrected chi connectivity index (χ4v) is 3.31. The van der Waals surface area contributed by atoms with E-state index in [1.54, 1.807) is 31.7 Å². The number of carbonyl (C=O) groups excluding carboxylic acids is 1. The zero-order chi connectivity index (χ0) is 20.4. The molecule has 1 aliphatic heterocycles. The van der Waals surface area contributed by atoms with E-state index in [1.165, 1.54) is 12.1 Å².